The number of nitrogens with one attached hydrogen (secondary N) is 2. The van der Waals surface area contributed by atoms with E-state index in [4.69, 9.17) is 0 Å². The maximum atomic E-state index is 11.9. The average Bonchev–Trinajstić information content (AvgIpc) is 2.40. The molecule has 0 saturated carbocycles. The quantitative estimate of drug-likeness (QED) is 0.802. The Morgan fingerprint density at radius 2 is 1.94 bits per heavy atom. The first-order valence-electron chi connectivity index (χ1n) is 6.32. The molecule has 0 spiro atoms. The summed E-state index contributed by atoms with van der Waals surface area (Å²) in [6.45, 7) is 2.43. The van der Waals surface area contributed by atoms with E-state index in [9.17, 15) is 9.59 Å². The molecule has 4 nitrogen and oxygen atoms in total. The van der Waals surface area contributed by atoms with Crippen LogP contribution in [-0.4, -0.2) is 24.3 Å². The van der Waals surface area contributed by atoms with E-state index in [0.29, 0.717) is 5.56 Å². The molecule has 1 aromatic rings. The van der Waals surface area contributed by atoms with E-state index in [-0.39, 0.29) is 17.7 Å². The molecule has 1 fully saturated rings. The van der Waals surface area contributed by atoms with Gasteiger partial charge in [-0.1, -0.05) is 6.42 Å². The summed E-state index contributed by atoms with van der Waals surface area (Å²) < 4.78 is 0. The van der Waals surface area contributed by atoms with Gasteiger partial charge in [0.25, 0.3) is 0 Å². The van der Waals surface area contributed by atoms with E-state index >= 15 is 0 Å². The van der Waals surface area contributed by atoms with Gasteiger partial charge < -0.3 is 10.6 Å². The van der Waals surface area contributed by atoms with Gasteiger partial charge in [-0.25, -0.2) is 0 Å². The van der Waals surface area contributed by atoms with Crippen LogP contribution in [0.1, 0.15) is 36.5 Å². The number of carbonyl (C=O) groups excluding carboxylic acids is 2. The van der Waals surface area contributed by atoms with Gasteiger partial charge in [0.15, 0.2) is 5.78 Å². The van der Waals surface area contributed by atoms with Crippen LogP contribution in [0.3, 0.4) is 0 Å². The second-order valence-corrected chi connectivity index (χ2v) is 4.63. The van der Waals surface area contributed by atoms with Crippen LogP contribution in [0.2, 0.25) is 0 Å². The van der Waals surface area contributed by atoms with E-state index in [2.05, 4.69) is 10.6 Å². The molecular formula is C14H18N2O2. The smallest absolute Gasteiger partial charge is 0.241 e. The number of amides is 1. The Morgan fingerprint density at radius 3 is 2.50 bits per heavy atom. The van der Waals surface area contributed by atoms with E-state index < -0.39 is 0 Å². The Bertz CT molecular complexity index is 434. The number of hydrogen-bond donors (Lipinski definition) is 2. The number of hydrogen-bond acceptors (Lipinski definition) is 3. The Morgan fingerprint density at radius 1 is 1.22 bits per heavy atom. The third-order valence-electron chi connectivity index (χ3n) is 3.19. The molecule has 0 aromatic heterocycles. The largest absolute Gasteiger partial charge is 0.325 e. The van der Waals surface area contributed by atoms with Crippen LogP contribution in [0.25, 0.3) is 0 Å². The van der Waals surface area contributed by atoms with Gasteiger partial charge in [0.2, 0.25) is 5.91 Å². The van der Waals surface area contributed by atoms with Gasteiger partial charge in [0.05, 0.1) is 6.04 Å². The standard InChI is InChI=1S/C14H18N2O2/c1-10(17)11-5-7-12(8-6-11)16-14(18)13-4-2-3-9-15-13/h5-8,13,15H,2-4,9H2,1H3,(H,16,18). The third kappa shape index (κ3) is 3.17. The maximum absolute atomic E-state index is 11.9. The van der Waals surface area contributed by atoms with Crippen molar-refractivity contribution in [3.63, 3.8) is 0 Å². The predicted octanol–water partition coefficient (Wildman–Crippen LogP) is 1.97. The van der Waals surface area contributed by atoms with E-state index in [0.717, 1.165) is 31.5 Å². The first-order chi connectivity index (χ1) is 8.66. The predicted molar refractivity (Wildman–Crippen MR) is 70.7 cm³/mol. The van der Waals surface area contributed by atoms with Crippen LogP contribution in [0.15, 0.2) is 24.3 Å². The molecule has 4 heteroatoms. The Labute approximate surface area is 107 Å². The molecule has 1 saturated heterocycles. The molecule has 1 aromatic carbocycles. The van der Waals surface area contributed by atoms with E-state index in [1.807, 2.05) is 0 Å². The van der Waals surface area contributed by atoms with Gasteiger partial charge >= 0.3 is 0 Å². The van der Waals surface area contributed by atoms with Crippen molar-refractivity contribution >= 4 is 17.4 Å². The summed E-state index contributed by atoms with van der Waals surface area (Å²) in [5.41, 5.74) is 1.39. The van der Waals surface area contributed by atoms with Crippen molar-refractivity contribution in [1.29, 1.82) is 0 Å². The van der Waals surface area contributed by atoms with E-state index in [1.165, 1.54) is 6.92 Å². The normalized spacial score (nSPS) is 19.3. The fourth-order valence-corrected chi connectivity index (χ4v) is 2.09. The Balaban J connectivity index is 1.96. The molecule has 1 heterocycles. The molecule has 96 valence electrons. The highest BCUT2D eigenvalue weighted by Crippen LogP contribution is 2.13. The maximum Gasteiger partial charge on any atom is 0.241 e. The molecule has 1 aliphatic rings. The molecule has 2 rings (SSSR count). The summed E-state index contributed by atoms with van der Waals surface area (Å²) in [4.78, 5) is 23.1. The molecule has 1 aliphatic heterocycles. The van der Waals surface area contributed by atoms with Crippen molar-refractivity contribution in [2.45, 2.75) is 32.2 Å². The lowest BCUT2D eigenvalue weighted by Gasteiger charge is -2.22. The fraction of sp³-hybridized carbons (Fsp3) is 0.429. The lowest BCUT2D eigenvalue weighted by Crippen LogP contribution is -2.43. The van der Waals surface area contributed by atoms with Gasteiger partial charge in [-0.2, -0.15) is 0 Å². The first-order valence-corrected chi connectivity index (χ1v) is 6.32. The lowest BCUT2D eigenvalue weighted by atomic mass is 10.0. The van der Waals surface area contributed by atoms with Crippen LogP contribution in [-0.2, 0) is 4.79 Å². The fourth-order valence-electron chi connectivity index (χ4n) is 2.09. The molecule has 1 atom stereocenters. The van der Waals surface area contributed by atoms with Gasteiger partial charge in [0, 0.05) is 11.3 Å². The first kappa shape index (κ1) is 12.8. The second-order valence-electron chi connectivity index (χ2n) is 4.63. The summed E-state index contributed by atoms with van der Waals surface area (Å²) in [6, 6.07) is 6.89. The summed E-state index contributed by atoms with van der Waals surface area (Å²) in [7, 11) is 0. The number of piperidine rings is 1. The topological polar surface area (TPSA) is 58.2 Å². The number of carbonyl (C=O) groups is 2. The van der Waals surface area contributed by atoms with Crippen LogP contribution in [0, 0.1) is 0 Å². The van der Waals surface area contributed by atoms with Crippen molar-refractivity contribution in [3.05, 3.63) is 29.8 Å². The average molecular weight is 246 g/mol. The highest BCUT2D eigenvalue weighted by atomic mass is 16.2. The Hall–Kier alpha value is -1.68. The van der Waals surface area contributed by atoms with Gasteiger partial charge in [-0.15, -0.1) is 0 Å². The van der Waals surface area contributed by atoms with Crippen LogP contribution in [0.4, 0.5) is 5.69 Å². The van der Waals surface area contributed by atoms with Crippen LogP contribution >= 0.6 is 0 Å². The number of rotatable bonds is 3. The van der Waals surface area contributed by atoms with Crippen molar-refractivity contribution in [1.82, 2.24) is 5.32 Å². The van der Waals surface area contributed by atoms with Crippen LogP contribution < -0.4 is 10.6 Å². The zero-order valence-corrected chi connectivity index (χ0v) is 10.5. The van der Waals surface area contributed by atoms with Crippen molar-refractivity contribution in [3.8, 4) is 0 Å². The molecule has 1 unspecified atom stereocenters. The Kier molecular flexibility index (Phi) is 4.10. The summed E-state index contributed by atoms with van der Waals surface area (Å²) >= 11 is 0. The number of Topliss-reactive ketones (excluding diaryl/α,β-unsaturated/α-hetero) is 1. The van der Waals surface area contributed by atoms with Gasteiger partial charge in [0.1, 0.15) is 0 Å². The molecule has 0 aliphatic carbocycles. The molecule has 0 bridgehead atoms. The number of ketones is 1. The lowest BCUT2D eigenvalue weighted by molar-refractivity contribution is -0.118. The molecule has 18 heavy (non-hydrogen) atoms. The third-order valence-corrected chi connectivity index (χ3v) is 3.19. The summed E-state index contributed by atoms with van der Waals surface area (Å²) in [6.07, 6.45) is 3.11. The monoisotopic (exact) mass is 246 g/mol. The molecule has 2 N–H and O–H groups in total. The van der Waals surface area contributed by atoms with Crippen LogP contribution in [0.5, 0.6) is 0 Å². The molecular weight excluding hydrogens is 228 g/mol. The number of anilines is 1. The summed E-state index contributed by atoms with van der Waals surface area (Å²) in [5, 5.41) is 6.07. The highest BCUT2D eigenvalue weighted by molar-refractivity contribution is 5.97. The van der Waals surface area contributed by atoms with Gasteiger partial charge in [-0.3, -0.25) is 9.59 Å². The highest BCUT2D eigenvalue weighted by Gasteiger charge is 2.20. The van der Waals surface area contributed by atoms with Gasteiger partial charge in [-0.05, 0) is 50.6 Å². The molecule has 0 radical (unpaired) electrons. The van der Waals surface area contributed by atoms with Crippen molar-refractivity contribution < 1.29 is 9.59 Å². The van der Waals surface area contributed by atoms with Crippen molar-refractivity contribution in [2.75, 3.05) is 11.9 Å². The number of benzene rings is 1. The minimum Gasteiger partial charge on any atom is -0.325 e. The second kappa shape index (κ2) is 5.78. The van der Waals surface area contributed by atoms with E-state index in [1.54, 1.807) is 24.3 Å². The minimum atomic E-state index is -0.0915. The minimum absolute atomic E-state index is 0.00488. The SMILES string of the molecule is CC(=O)c1ccc(NC(=O)C2CCCCN2)cc1. The van der Waals surface area contributed by atoms with Crippen molar-refractivity contribution in [2.24, 2.45) is 0 Å². The zero-order valence-electron chi connectivity index (χ0n) is 10.5. The molecule has 1 amide bonds. The zero-order chi connectivity index (χ0) is 13.0. The summed E-state index contributed by atoms with van der Waals surface area (Å²) in [5.74, 6) is 0.0344.